The molecule has 2 atom stereocenters. The highest BCUT2D eigenvalue weighted by atomic mass is 16.1. The lowest BCUT2D eigenvalue weighted by atomic mass is 9.97. The average molecular weight is 242 g/mol. The quantitative estimate of drug-likeness (QED) is 0.688. The Labute approximate surface area is 104 Å². The van der Waals surface area contributed by atoms with Crippen LogP contribution >= 0.6 is 0 Å². The summed E-state index contributed by atoms with van der Waals surface area (Å²) in [5.74, 6) is -0.418. The van der Waals surface area contributed by atoms with Crippen LogP contribution in [0.4, 0.5) is 0 Å². The van der Waals surface area contributed by atoms with Crippen molar-refractivity contribution in [1.82, 2.24) is 9.80 Å². The Morgan fingerprint density at radius 3 is 2.71 bits per heavy atom. The number of carbonyl (C=O) groups excluding carboxylic acids is 1. The number of likely N-dealkylation sites (tertiary alicyclic amines) is 1. The van der Waals surface area contributed by atoms with Gasteiger partial charge in [0.15, 0.2) is 0 Å². The fraction of sp³-hybridized carbons (Fsp3) is 0.917. The Balaban J connectivity index is 2.39. The summed E-state index contributed by atoms with van der Waals surface area (Å²) >= 11 is 0. The largest absolute Gasteiger partial charge is 0.368 e. The molecule has 0 radical (unpaired) electrons. The lowest BCUT2D eigenvalue weighted by Crippen LogP contribution is -2.52. The van der Waals surface area contributed by atoms with Gasteiger partial charge in [-0.3, -0.25) is 4.79 Å². The second-order valence-electron chi connectivity index (χ2n) is 5.59. The van der Waals surface area contributed by atoms with Crippen molar-refractivity contribution in [2.24, 2.45) is 11.5 Å². The van der Waals surface area contributed by atoms with Crippen molar-refractivity contribution in [2.45, 2.75) is 37.8 Å². The van der Waals surface area contributed by atoms with E-state index in [2.05, 4.69) is 23.9 Å². The predicted octanol–water partition coefficient (Wildman–Crippen LogP) is -0.395. The van der Waals surface area contributed by atoms with E-state index in [0.717, 1.165) is 19.6 Å². The number of carbonyl (C=O) groups is 1. The van der Waals surface area contributed by atoms with Crippen LogP contribution < -0.4 is 11.5 Å². The summed E-state index contributed by atoms with van der Waals surface area (Å²) in [5.41, 5.74) is 10.2. The molecular weight excluding hydrogens is 216 g/mol. The van der Waals surface area contributed by atoms with E-state index < -0.39 is 11.4 Å². The zero-order valence-corrected chi connectivity index (χ0v) is 11.3. The Hall–Kier alpha value is -0.650. The SMILES string of the molecule is CN(C)C1CCCN(CCC(C)(N)C(N)=O)C1. The molecule has 17 heavy (non-hydrogen) atoms. The Bertz CT molecular complexity index is 265. The van der Waals surface area contributed by atoms with Gasteiger partial charge in [0.05, 0.1) is 5.54 Å². The highest BCUT2D eigenvalue weighted by Crippen LogP contribution is 2.15. The maximum atomic E-state index is 11.1. The summed E-state index contributed by atoms with van der Waals surface area (Å²) in [4.78, 5) is 15.8. The van der Waals surface area contributed by atoms with E-state index in [1.807, 2.05) is 0 Å². The number of piperidine rings is 1. The van der Waals surface area contributed by atoms with Gasteiger partial charge in [0.1, 0.15) is 0 Å². The summed E-state index contributed by atoms with van der Waals surface area (Å²) in [6, 6.07) is 0.612. The molecule has 0 aromatic rings. The molecule has 0 spiro atoms. The summed E-state index contributed by atoms with van der Waals surface area (Å²) < 4.78 is 0. The molecule has 0 aromatic carbocycles. The molecule has 0 saturated carbocycles. The van der Waals surface area contributed by atoms with Crippen LogP contribution in [-0.2, 0) is 4.79 Å². The molecule has 1 aliphatic heterocycles. The smallest absolute Gasteiger partial charge is 0.237 e. The average Bonchev–Trinajstić information content (AvgIpc) is 2.26. The molecule has 100 valence electrons. The van der Waals surface area contributed by atoms with E-state index in [9.17, 15) is 4.79 Å². The number of hydrogen-bond acceptors (Lipinski definition) is 4. The number of primary amides is 1. The van der Waals surface area contributed by atoms with Crippen molar-refractivity contribution < 1.29 is 4.79 Å². The second kappa shape index (κ2) is 5.80. The molecule has 4 N–H and O–H groups in total. The highest BCUT2D eigenvalue weighted by molar-refractivity contribution is 5.83. The molecule has 5 nitrogen and oxygen atoms in total. The molecule has 1 fully saturated rings. The summed E-state index contributed by atoms with van der Waals surface area (Å²) in [6.07, 6.45) is 3.09. The van der Waals surface area contributed by atoms with Crippen molar-refractivity contribution in [3.63, 3.8) is 0 Å². The fourth-order valence-electron chi connectivity index (χ4n) is 2.17. The molecule has 5 heteroatoms. The molecular formula is C12H26N4O. The fourth-order valence-corrected chi connectivity index (χ4v) is 2.17. The molecule has 0 aromatic heterocycles. The Morgan fingerprint density at radius 2 is 2.18 bits per heavy atom. The minimum atomic E-state index is -0.884. The van der Waals surface area contributed by atoms with Gasteiger partial charge in [-0.2, -0.15) is 0 Å². The van der Waals surface area contributed by atoms with E-state index >= 15 is 0 Å². The first-order valence-corrected chi connectivity index (χ1v) is 6.30. The molecule has 1 aliphatic rings. The number of hydrogen-bond donors (Lipinski definition) is 2. The number of nitrogens with zero attached hydrogens (tertiary/aromatic N) is 2. The van der Waals surface area contributed by atoms with Crippen molar-refractivity contribution in [1.29, 1.82) is 0 Å². The number of likely N-dealkylation sites (N-methyl/N-ethyl adjacent to an activating group) is 1. The molecule has 1 heterocycles. The summed E-state index contributed by atoms with van der Waals surface area (Å²) in [6.45, 7) is 4.71. The normalized spacial score (nSPS) is 25.8. The first-order valence-electron chi connectivity index (χ1n) is 6.30. The zero-order valence-electron chi connectivity index (χ0n) is 11.3. The lowest BCUT2D eigenvalue weighted by Gasteiger charge is -2.37. The van der Waals surface area contributed by atoms with Crippen molar-refractivity contribution in [3.05, 3.63) is 0 Å². The van der Waals surface area contributed by atoms with Crippen LogP contribution in [0.2, 0.25) is 0 Å². The second-order valence-corrected chi connectivity index (χ2v) is 5.59. The van der Waals surface area contributed by atoms with Crippen LogP contribution in [0, 0.1) is 0 Å². The topological polar surface area (TPSA) is 75.6 Å². The van der Waals surface area contributed by atoms with E-state index in [-0.39, 0.29) is 0 Å². The number of amides is 1. The molecule has 1 rings (SSSR count). The van der Waals surface area contributed by atoms with Gasteiger partial charge < -0.3 is 21.3 Å². The zero-order chi connectivity index (χ0) is 13.1. The van der Waals surface area contributed by atoms with Crippen molar-refractivity contribution >= 4 is 5.91 Å². The third kappa shape index (κ3) is 4.26. The molecule has 1 amide bonds. The predicted molar refractivity (Wildman–Crippen MR) is 69.6 cm³/mol. The Morgan fingerprint density at radius 1 is 1.53 bits per heavy atom. The van der Waals surface area contributed by atoms with Gasteiger partial charge in [-0.25, -0.2) is 0 Å². The highest BCUT2D eigenvalue weighted by Gasteiger charge is 2.28. The maximum Gasteiger partial charge on any atom is 0.237 e. The first-order chi connectivity index (χ1) is 7.83. The molecule has 0 bridgehead atoms. The van der Waals surface area contributed by atoms with Crippen LogP contribution in [0.25, 0.3) is 0 Å². The Kier molecular flexibility index (Phi) is 4.91. The lowest BCUT2D eigenvalue weighted by molar-refractivity contribution is -0.122. The van der Waals surface area contributed by atoms with Gasteiger partial charge in [-0.15, -0.1) is 0 Å². The standard InChI is InChI=1S/C12H26N4O/c1-12(14,11(13)17)6-8-16-7-4-5-10(9-16)15(2)3/h10H,4-9,14H2,1-3H3,(H2,13,17). The van der Waals surface area contributed by atoms with Gasteiger partial charge >= 0.3 is 0 Å². The number of nitrogens with two attached hydrogens (primary N) is 2. The van der Waals surface area contributed by atoms with Gasteiger partial charge in [0.2, 0.25) is 5.91 Å². The van der Waals surface area contributed by atoms with Crippen LogP contribution in [0.15, 0.2) is 0 Å². The maximum absolute atomic E-state index is 11.1. The monoisotopic (exact) mass is 242 g/mol. The van der Waals surface area contributed by atoms with Crippen LogP contribution in [0.3, 0.4) is 0 Å². The minimum absolute atomic E-state index is 0.418. The van der Waals surface area contributed by atoms with Gasteiger partial charge in [0.25, 0.3) is 0 Å². The number of rotatable bonds is 5. The van der Waals surface area contributed by atoms with Crippen LogP contribution in [0.1, 0.15) is 26.2 Å². The van der Waals surface area contributed by atoms with E-state index in [0.29, 0.717) is 12.5 Å². The first kappa shape index (κ1) is 14.4. The van der Waals surface area contributed by atoms with Gasteiger partial charge in [0, 0.05) is 19.1 Å². The summed E-state index contributed by atoms with van der Waals surface area (Å²) in [7, 11) is 4.23. The van der Waals surface area contributed by atoms with Crippen molar-refractivity contribution in [2.75, 3.05) is 33.7 Å². The van der Waals surface area contributed by atoms with Gasteiger partial charge in [-0.1, -0.05) is 0 Å². The molecule has 1 saturated heterocycles. The van der Waals surface area contributed by atoms with Crippen molar-refractivity contribution in [3.8, 4) is 0 Å². The summed E-state index contributed by atoms with van der Waals surface area (Å²) in [5, 5.41) is 0. The van der Waals surface area contributed by atoms with E-state index in [4.69, 9.17) is 11.5 Å². The molecule has 0 aliphatic carbocycles. The van der Waals surface area contributed by atoms with E-state index in [1.54, 1.807) is 6.92 Å². The third-order valence-corrected chi connectivity index (χ3v) is 3.72. The van der Waals surface area contributed by atoms with Gasteiger partial charge in [-0.05, 0) is 46.8 Å². The van der Waals surface area contributed by atoms with Crippen LogP contribution in [0.5, 0.6) is 0 Å². The van der Waals surface area contributed by atoms with E-state index in [1.165, 1.54) is 12.8 Å². The minimum Gasteiger partial charge on any atom is -0.368 e. The molecule has 2 unspecified atom stereocenters. The van der Waals surface area contributed by atoms with Crippen LogP contribution in [-0.4, -0.2) is 61.0 Å². The third-order valence-electron chi connectivity index (χ3n) is 3.72.